The highest BCUT2D eigenvalue weighted by Gasteiger charge is 2.35. The summed E-state index contributed by atoms with van der Waals surface area (Å²) >= 11 is 0. The Hall–Kier alpha value is -0.250. The van der Waals surface area contributed by atoms with Gasteiger partial charge < -0.3 is 9.64 Å². The molecule has 7 nitrogen and oxygen atoms in total. The van der Waals surface area contributed by atoms with Crippen molar-refractivity contribution in [1.29, 1.82) is 0 Å². The van der Waals surface area contributed by atoms with Crippen LogP contribution < -0.4 is 0 Å². The molecule has 0 aromatic heterocycles. The fourth-order valence-electron chi connectivity index (χ4n) is 4.22. The maximum absolute atomic E-state index is 12.7. The van der Waals surface area contributed by atoms with Crippen molar-refractivity contribution in [2.24, 2.45) is 5.92 Å². The van der Waals surface area contributed by atoms with E-state index in [-0.39, 0.29) is 0 Å². The van der Waals surface area contributed by atoms with Crippen LogP contribution >= 0.6 is 0 Å². The van der Waals surface area contributed by atoms with E-state index in [2.05, 4.69) is 23.6 Å². The van der Waals surface area contributed by atoms with E-state index >= 15 is 0 Å². The van der Waals surface area contributed by atoms with Gasteiger partial charge in [-0.05, 0) is 31.8 Å². The lowest BCUT2D eigenvalue weighted by Gasteiger charge is -2.43. The van der Waals surface area contributed by atoms with Crippen molar-refractivity contribution in [2.75, 3.05) is 72.1 Å². The number of piperidine rings is 1. The predicted octanol–water partition coefficient (Wildman–Crippen LogP) is 0.301. The lowest BCUT2D eigenvalue weighted by Crippen LogP contribution is -2.57. The summed E-state index contributed by atoms with van der Waals surface area (Å²) in [7, 11) is -3.31. The molecule has 0 spiro atoms. The third kappa shape index (κ3) is 4.93. The summed E-state index contributed by atoms with van der Waals surface area (Å²) in [6.45, 7) is 13.0. The maximum Gasteiger partial charge on any atom is 0.282 e. The van der Waals surface area contributed by atoms with Crippen LogP contribution in [0, 0.1) is 5.92 Å². The van der Waals surface area contributed by atoms with Crippen LogP contribution in [0.25, 0.3) is 0 Å². The first-order valence-corrected chi connectivity index (χ1v) is 11.2. The summed E-state index contributed by atoms with van der Waals surface area (Å²) in [6, 6.07) is 0.622. The summed E-state index contributed by atoms with van der Waals surface area (Å²) in [5.74, 6) is 0.727. The number of ether oxygens (including phenoxy) is 1. The zero-order valence-corrected chi connectivity index (χ0v) is 16.6. The van der Waals surface area contributed by atoms with E-state index in [4.69, 9.17) is 4.74 Å². The Morgan fingerprint density at radius 1 is 0.880 bits per heavy atom. The van der Waals surface area contributed by atoms with Crippen LogP contribution in [0.15, 0.2) is 0 Å². The second kappa shape index (κ2) is 8.63. The minimum atomic E-state index is -3.31. The molecule has 25 heavy (non-hydrogen) atoms. The molecule has 0 bridgehead atoms. The van der Waals surface area contributed by atoms with Crippen LogP contribution in [0.3, 0.4) is 0 Å². The van der Waals surface area contributed by atoms with Gasteiger partial charge in [0.25, 0.3) is 10.2 Å². The summed E-state index contributed by atoms with van der Waals surface area (Å²) in [4.78, 5) is 5.08. The van der Waals surface area contributed by atoms with Gasteiger partial charge in [-0.1, -0.05) is 13.8 Å². The average Bonchev–Trinajstić information content (AvgIpc) is 2.63. The standard InChI is InChI=1S/C17H34N4O3S/c1-16(2)15-18-5-3-17(4-6-18)19-7-9-20(10-8-19)25(22,23)21-11-13-24-14-12-21/h16-17H,3-15H2,1-2H3. The van der Waals surface area contributed by atoms with Crippen molar-refractivity contribution in [3.05, 3.63) is 0 Å². The number of hydrogen-bond acceptors (Lipinski definition) is 5. The first-order valence-electron chi connectivity index (χ1n) is 9.76. The summed E-state index contributed by atoms with van der Waals surface area (Å²) in [5.41, 5.74) is 0. The van der Waals surface area contributed by atoms with Gasteiger partial charge in [0.1, 0.15) is 0 Å². The highest BCUT2D eigenvalue weighted by atomic mass is 32.2. The molecule has 0 aromatic rings. The van der Waals surface area contributed by atoms with Crippen molar-refractivity contribution in [3.63, 3.8) is 0 Å². The molecule has 0 unspecified atom stereocenters. The topological polar surface area (TPSA) is 56.3 Å². The van der Waals surface area contributed by atoms with Crippen molar-refractivity contribution in [3.8, 4) is 0 Å². The summed E-state index contributed by atoms with van der Waals surface area (Å²) in [5, 5.41) is 0. The Morgan fingerprint density at radius 3 is 2.00 bits per heavy atom. The maximum atomic E-state index is 12.7. The van der Waals surface area contributed by atoms with E-state index in [0.717, 1.165) is 19.0 Å². The van der Waals surface area contributed by atoms with Crippen LogP contribution in [-0.2, 0) is 14.9 Å². The molecule has 0 amide bonds. The Balaban J connectivity index is 1.46. The molecule has 3 saturated heterocycles. The van der Waals surface area contributed by atoms with Crippen LogP contribution in [-0.4, -0.2) is 105 Å². The zero-order chi connectivity index (χ0) is 17.9. The normalized spacial score (nSPS) is 27.2. The molecule has 3 aliphatic heterocycles. The summed E-state index contributed by atoms with van der Waals surface area (Å²) in [6.07, 6.45) is 2.42. The van der Waals surface area contributed by atoms with Gasteiger partial charge in [0.2, 0.25) is 0 Å². The van der Waals surface area contributed by atoms with Crippen LogP contribution in [0.2, 0.25) is 0 Å². The van der Waals surface area contributed by atoms with E-state index < -0.39 is 10.2 Å². The molecule has 3 rings (SSSR count). The predicted molar refractivity (Wildman–Crippen MR) is 98.8 cm³/mol. The highest BCUT2D eigenvalue weighted by molar-refractivity contribution is 7.86. The molecule has 146 valence electrons. The van der Waals surface area contributed by atoms with Gasteiger partial charge in [0.15, 0.2) is 0 Å². The van der Waals surface area contributed by atoms with Gasteiger partial charge >= 0.3 is 0 Å². The van der Waals surface area contributed by atoms with E-state index in [9.17, 15) is 8.42 Å². The van der Waals surface area contributed by atoms with Gasteiger partial charge in [0.05, 0.1) is 13.2 Å². The number of morpholine rings is 1. The van der Waals surface area contributed by atoms with Crippen LogP contribution in [0.5, 0.6) is 0 Å². The van der Waals surface area contributed by atoms with E-state index in [1.807, 2.05) is 0 Å². The SMILES string of the molecule is CC(C)CN1CCC(N2CCN(S(=O)(=O)N3CCOCC3)CC2)CC1. The smallest absolute Gasteiger partial charge is 0.282 e. The van der Waals surface area contributed by atoms with Gasteiger partial charge in [-0.3, -0.25) is 4.90 Å². The van der Waals surface area contributed by atoms with Crippen LogP contribution in [0.4, 0.5) is 0 Å². The van der Waals surface area contributed by atoms with Gasteiger partial charge in [0, 0.05) is 51.9 Å². The lowest BCUT2D eigenvalue weighted by molar-refractivity contribution is 0.0613. The molecule has 0 atom stereocenters. The second-order valence-electron chi connectivity index (χ2n) is 7.88. The van der Waals surface area contributed by atoms with Gasteiger partial charge in [-0.15, -0.1) is 0 Å². The number of rotatable bonds is 5. The van der Waals surface area contributed by atoms with Gasteiger partial charge in [-0.2, -0.15) is 17.0 Å². The molecule has 0 N–H and O–H groups in total. The zero-order valence-electron chi connectivity index (χ0n) is 15.8. The number of hydrogen-bond donors (Lipinski definition) is 0. The summed E-state index contributed by atoms with van der Waals surface area (Å²) < 4.78 is 34.0. The first-order chi connectivity index (χ1) is 12.0. The minimum absolute atomic E-state index is 0.483. The molecule has 3 aliphatic rings. The number of likely N-dealkylation sites (tertiary alicyclic amines) is 1. The first kappa shape index (κ1) is 19.5. The third-order valence-electron chi connectivity index (χ3n) is 5.59. The molecule has 3 fully saturated rings. The third-order valence-corrected chi connectivity index (χ3v) is 7.63. The molecule has 8 heteroatoms. The fraction of sp³-hybridized carbons (Fsp3) is 1.00. The van der Waals surface area contributed by atoms with Crippen molar-refractivity contribution in [2.45, 2.75) is 32.7 Å². The largest absolute Gasteiger partial charge is 0.379 e. The van der Waals surface area contributed by atoms with E-state index in [0.29, 0.717) is 45.4 Å². The van der Waals surface area contributed by atoms with Gasteiger partial charge in [-0.25, -0.2) is 0 Å². The highest BCUT2D eigenvalue weighted by Crippen LogP contribution is 2.21. The van der Waals surface area contributed by atoms with E-state index in [1.165, 1.54) is 32.5 Å². The van der Waals surface area contributed by atoms with E-state index in [1.54, 1.807) is 8.61 Å². The molecule has 3 heterocycles. The second-order valence-corrected chi connectivity index (χ2v) is 9.81. The van der Waals surface area contributed by atoms with Crippen molar-refractivity contribution < 1.29 is 13.2 Å². The van der Waals surface area contributed by atoms with Crippen LogP contribution in [0.1, 0.15) is 26.7 Å². The Morgan fingerprint density at radius 2 is 1.44 bits per heavy atom. The Kier molecular flexibility index (Phi) is 6.73. The Bertz CT molecular complexity index is 506. The lowest BCUT2D eigenvalue weighted by atomic mass is 10.0. The quantitative estimate of drug-likeness (QED) is 0.693. The van der Waals surface area contributed by atoms with Crippen molar-refractivity contribution in [1.82, 2.24) is 18.4 Å². The van der Waals surface area contributed by atoms with Crippen molar-refractivity contribution >= 4 is 10.2 Å². The molecular weight excluding hydrogens is 340 g/mol. The molecule has 0 saturated carbocycles. The monoisotopic (exact) mass is 374 g/mol. The number of piperazine rings is 1. The molecule has 0 aromatic carbocycles. The molecular formula is C17H34N4O3S. The number of nitrogens with zero attached hydrogens (tertiary/aromatic N) is 4. The fourth-order valence-corrected chi connectivity index (χ4v) is 5.79. The molecule has 0 aliphatic carbocycles. The minimum Gasteiger partial charge on any atom is -0.379 e. The molecule has 0 radical (unpaired) electrons. The average molecular weight is 375 g/mol. The Labute approximate surface area is 153 Å².